The number of aromatic nitrogens is 2. The molecule has 0 bridgehead atoms. The van der Waals surface area contributed by atoms with Crippen LogP contribution in [0.15, 0.2) is 20.7 Å². The number of hydrogen-bond donors (Lipinski definition) is 3. The van der Waals surface area contributed by atoms with E-state index in [1.807, 2.05) is 4.98 Å². The van der Waals surface area contributed by atoms with Gasteiger partial charge in [0.2, 0.25) is 10.0 Å². The summed E-state index contributed by atoms with van der Waals surface area (Å²) in [5.41, 5.74) is -1.83. The van der Waals surface area contributed by atoms with Crippen LogP contribution in [-0.2, 0) is 14.8 Å². The summed E-state index contributed by atoms with van der Waals surface area (Å²) in [6, 6.07) is -0.677. The number of aliphatic carboxylic acids is 1. The quantitative estimate of drug-likeness (QED) is 0.631. The molecule has 2 heterocycles. The normalized spacial score (nSPS) is 20.1. The number of carboxylic acids is 1. The van der Waals surface area contributed by atoms with E-state index in [1.54, 1.807) is 0 Å². The molecule has 2 rings (SSSR count). The van der Waals surface area contributed by atoms with Gasteiger partial charge in [0.1, 0.15) is 0 Å². The van der Waals surface area contributed by atoms with E-state index in [0.717, 1.165) is 10.5 Å². The van der Waals surface area contributed by atoms with E-state index in [4.69, 9.17) is 5.11 Å². The van der Waals surface area contributed by atoms with Gasteiger partial charge in [0, 0.05) is 18.8 Å². The Morgan fingerprint density at radius 1 is 1.45 bits per heavy atom. The SMILES string of the molecule is O=C(O)CC1CCCN1S(=O)(=O)c1c[nH]c(=O)[nH]c1=O. The number of carbonyl (C=O) groups is 1. The standard InChI is InChI=1S/C10H13N3O6S/c14-8(15)4-6-2-1-3-13(6)20(18,19)7-5-11-10(17)12-9(7)16/h5-6H,1-4H2,(H,14,15)(H2,11,12,16,17). The minimum Gasteiger partial charge on any atom is -0.481 e. The Bertz CT molecular complexity index is 734. The molecule has 1 aromatic rings. The third-order valence-electron chi connectivity index (χ3n) is 3.11. The van der Waals surface area contributed by atoms with Gasteiger partial charge in [-0.1, -0.05) is 0 Å². The number of hydrogen-bond acceptors (Lipinski definition) is 5. The molecule has 20 heavy (non-hydrogen) atoms. The summed E-state index contributed by atoms with van der Waals surface area (Å²) in [6.45, 7) is 0.152. The smallest absolute Gasteiger partial charge is 0.325 e. The Morgan fingerprint density at radius 2 is 2.15 bits per heavy atom. The van der Waals surface area contributed by atoms with Gasteiger partial charge in [0.05, 0.1) is 6.42 Å². The van der Waals surface area contributed by atoms with E-state index in [2.05, 4.69) is 4.98 Å². The van der Waals surface area contributed by atoms with Gasteiger partial charge in [-0.05, 0) is 12.8 Å². The first-order chi connectivity index (χ1) is 9.32. The van der Waals surface area contributed by atoms with Crippen molar-refractivity contribution in [2.24, 2.45) is 0 Å². The minimum absolute atomic E-state index is 0.152. The van der Waals surface area contributed by atoms with Gasteiger partial charge < -0.3 is 10.1 Å². The van der Waals surface area contributed by atoms with E-state index in [0.29, 0.717) is 12.8 Å². The van der Waals surface area contributed by atoms with Gasteiger partial charge in [0.15, 0.2) is 4.90 Å². The van der Waals surface area contributed by atoms with Crippen LogP contribution in [0.25, 0.3) is 0 Å². The van der Waals surface area contributed by atoms with Crippen molar-refractivity contribution in [3.05, 3.63) is 27.0 Å². The Labute approximate surface area is 113 Å². The lowest BCUT2D eigenvalue weighted by Gasteiger charge is -2.22. The molecule has 1 aliphatic heterocycles. The van der Waals surface area contributed by atoms with Crippen LogP contribution in [0.2, 0.25) is 0 Å². The second-order valence-corrected chi connectivity index (χ2v) is 6.30. The Morgan fingerprint density at radius 3 is 2.75 bits per heavy atom. The number of aromatic amines is 2. The number of H-pyrrole nitrogens is 2. The van der Waals surface area contributed by atoms with Crippen LogP contribution in [0.5, 0.6) is 0 Å². The molecule has 110 valence electrons. The van der Waals surface area contributed by atoms with Crippen LogP contribution in [0, 0.1) is 0 Å². The Hall–Kier alpha value is -1.94. The predicted molar refractivity (Wildman–Crippen MR) is 66.9 cm³/mol. The average molecular weight is 303 g/mol. The fourth-order valence-corrected chi connectivity index (χ4v) is 3.93. The van der Waals surface area contributed by atoms with E-state index in [1.165, 1.54) is 0 Å². The van der Waals surface area contributed by atoms with Crippen LogP contribution in [-0.4, -0.2) is 46.4 Å². The number of rotatable bonds is 4. The first kappa shape index (κ1) is 14.5. The maximum Gasteiger partial charge on any atom is 0.325 e. The lowest BCUT2D eigenvalue weighted by molar-refractivity contribution is -0.137. The molecule has 1 unspecified atom stereocenters. The fraction of sp³-hybridized carbons (Fsp3) is 0.500. The molecule has 0 amide bonds. The zero-order valence-corrected chi connectivity index (χ0v) is 11.1. The highest BCUT2D eigenvalue weighted by Gasteiger charge is 2.37. The first-order valence-corrected chi connectivity index (χ1v) is 7.32. The fourth-order valence-electron chi connectivity index (χ4n) is 2.25. The highest BCUT2D eigenvalue weighted by Crippen LogP contribution is 2.26. The Kier molecular flexibility index (Phi) is 3.77. The van der Waals surface area contributed by atoms with Gasteiger partial charge in [-0.3, -0.25) is 14.6 Å². The topological polar surface area (TPSA) is 140 Å². The molecule has 10 heteroatoms. The minimum atomic E-state index is -4.12. The molecule has 1 aromatic heterocycles. The van der Waals surface area contributed by atoms with Crippen molar-refractivity contribution in [3.63, 3.8) is 0 Å². The first-order valence-electron chi connectivity index (χ1n) is 5.88. The summed E-state index contributed by atoms with van der Waals surface area (Å²) in [6.07, 6.45) is 1.46. The van der Waals surface area contributed by atoms with Crippen LogP contribution in [0.3, 0.4) is 0 Å². The average Bonchev–Trinajstić information content (AvgIpc) is 2.76. The van der Waals surface area contributed by atoms with Crippen molar-refractivity contribution in [3.8, 4) is 0 Å². The highest BCUT2D eigenvalue weighted by atomic mass is 32.2. The molecule has 9 nitrogen and oxygen atoms in total. The summed E-state index contributed by atoms with van der Waals surface area (Å²) in [5.74, 6) is -1.10. The molecular weight excluding hydrogens is 290 g/mol. The summed E-state index contributed by atoms with van der Waals surface area (Å²) in [7, 11) is -4.12. The van der Waals surface area contributed by atoms with Crippen molar-refractivity contribution in [2.45, 2.75) is 30.2 Å². The van der Waals surface area contributed by atoms with Crippen LogP contribution in [0.1, 0.15) is 19.3 Å². The van der Waals surface area contributed by atoms with Gasteiger partial charge in [0.25, 0.3) is 5.56 Å². The third-order valence-corrected chi connectivity index (χ3v) is 5.06. The zero-order valence-electron chi connectivity index (χ0n) is 10.3. The van der Waals surface area contributed by atoms with E-state index < -0.39 is 38.2 Å². The van der Waals surface area contributed by atoms with Crippen LogP contribution < -0.4 is 11.2 Å². The summed E-state index contributed by atoms with van der Waals surface area (Å²) < 4.78 is 25.7. The lowest BCUT2D eigenvalue weighted by Crippen LogP contribution is -2.40. The number of nitrogens with one attached hydrogen (secondary N) is 2. The van der Waals surface area contributed by atoms with Crippen molar-refractivity contribution >= 4 is 16.0 Å². The highest BCUT2D eigenvalue weighted by molar-refractivity contribution is 7.89. The van der Waals surface area contributed by atoms with Gasteiger partial charge >= 0.3 is 11.7 Å². The number of nitrogens with zero attached hydrogens (tertiary/aromatic N) is 1. The van der Waals surface area contributed by atoms with Crippen molar-refractivity contribution in [1.29, 1.82) is 0 Å². The summed E-state index contributed by atoms with van der Waals surface area (Å²) >= 11 is 0. The molecule has 0 radical (unpaired) electrons. The van der Waals surface area contributed by atoms with Crippen LogP contribution in [0.4, 0.5) is 0 Å². The number of carboxylic acid groups (broad SMARTS) is 1. The van der Waals surface area contributed by atoms with Crippen molar-refractivity contribution in [1.82, 2.24) is 14.3 Å². The molecule has 1 saturated heterocycles. The molecular formula is C10H13N3O6S. The third kappa shape index (κ3) is 2.65. The largest absolute Gasteiger partial charge is 0.481 e. The monoisotopic (exact) mass is 303 g/mol. The zero-order chi connectivity index (χ0) is 14.9. The molecule has 1 aliphatic rings. The van der Waals surface area contributed by atoms with E-state index >= 15 is 0 Å². The van der Waals surface area contributed by atoms with E-state index in [9.17, 15) is 22.8 Å². The molecule has 1 fully saturated rings. The molecule has 1 atom stereocenters. The second kappa shape index (κ2) is 5.21. The van der Waals surface area contributed by atoms with Crippen LogP contribution >= 0.6 is 0 Å². The second-order valence-electron chi connectivity index (χ2n) is 4.45. The maximum absolute atomic E-state index is 12.3. The maximum atomic E-state index is 12.3. The molecule has 3 N–H and O–H groups in total. The summed E-state index contributed by atoms with van der Waals surface area (Å²) in [5, 5.41) is 8.78. The molecule has 0 aliphatic carbocycles. The molecule has 0 aromatic carbocycles. The predicted octanol–water partition coefficient (Wildman–Crippen LogP) is -1.31. The lowest BCUT2D eigenvalue weighted by atomic mass is 10.2. The molecule has 0 saturated carbocycles. The van der Waals surface area contributed by atoms with Gasteiger partial charge in [-0.25, -0.2) is 13.2 Å². The number of sulfonamides is 1. The van der Waals surface area contributed by atoms with E-state index in [-0.39, 0.29) is 13.0 Å². The van der Waals surface area contributed by atoms with Crippen molar-refractivity contribution < 1.29 is 18.3 Å². The molecule has 0 spiro atoms. The summed E-state index contributed by atoms with van der Waals surface area (Å²) in [4.78, 5) is 36.6. The van der Waals surface area contributed by atoms with Gasteiger partial charge in [-0.2, -0.15) is 4.31 Å². The van der Waals surface area contributed by atoms with Crippen molar-refractivity contribution in [2.75, 3.05) is 6.54 Å². The van der Waals surface area contributed by atoms with Gasteiger partial charge in [-0.15, -0.1) is 0 Å². The Balaban J connectivity index is 2.41.